The van der Waals surface area contributed by atoms with Crippen molar-refractivity contribution >= 4 is 15.9 Å². The number of quaternary nitrogens is 1. The molecule has 4 N–H and O–H groups in total. The van der Waals surface area contributed by atoms with Crippen LogP contribution in [-0.2, 0) is 10.0 Å². The van der Waals surface area contributed by atoms with E-state index in [4.69, 9.17) is 14.6 Å². The highest BCUT2D eigenvalue weighted by atomic mass is 32.2. The number of likely N-dealkylation sites (tertiary alicyclic amines) is 1. The van der Waals surface area contributed by atoms with Gasteiger partial charge in [0.05, 0.1) is 44.3 Å². The van der Waals surface area contributed by atoms with Crippen LogP contribution in [0.2, 0.25) is 0 Å². The summed E-state index contributed by atoms with van der Waals surface area (Å²) >= 11 is 0. The van der Waals surface area contributed by atoms with Crippen LogP contribution in [0.5, 0.6) is 11.5 Å². The molecule has 1 aromatic rings. The number of benzene rings is 1. The SMILES string of the molecule is C=CC[NH+]1CCC[C@@H]1CNC(=O)c1cc(S(N)(=O)=O)cc(OC)c1OC. The molecule has 0 aliphatic carbocycles. The number of ether oxygens (including phenoxy) is 2. The molecule has 0 spiro atoms. The zero-order valence-electron chi connectivity index (χ0n) is 15.1. The molecular formula is C17H26N3O5S+. The van der Waals surface area contributed by atoms with Crippen LogP contribution in [-0.4, -0.2) is 54.2 Å². The van der Waals surface area contributed by atoms with E-state index in [-0.39, 0.29) is 22.0 Å². The van der Waals surface area contributed by atoms with E-state index in [0.29, 0.717) is 12.6 Å². The van der Waals surface area contributed by atoms with Gasteiger partial charge in [0.25, 0.3) is 5.91 Å². The van der Waals surface area contributed by atoms with Crippen LogP contribution in [0.4, 0.5) is 0 Å². The van der Waals surface area contributed by atoms with Gasteiger partial charge in [-0.25, -0.2) is 13.6 Å². The Morgan fingerprint density at radius 1 is 1.42 bits per heavy atom. The summed E-state index contributed by atoms with van der Waals surface area (Å²) in [6.07, 6.45) is 3.99. The Bertz CT molecular complexity index is 779. The van der Waals surface area contributed by atoms with Crippen LogP contribution < -0.4 is 24.8 Å². The van der Waals surface area contributed by atoms with Gasteiger partial charge in [-0.05, 0) is 12.1 Å². The molecule has 1 fully saturated rings. The van der Waals surface area contributed by atoms with Crippen molar-refractivity contribution in [3.05, 3.63) is 30.4 Å². The summed E-state index contributed by atoms with van der Waals surface area (Å²) in [5, 5.41) is 8.07. The number of nitrogens with one attached hydrogen (secondary N) is 2. The number of carbonyl (C=O) groups excluding carboxylic acids is 1. The first-order valence-corrected chi connectivity index (χ1v) is 9.89. The van der Waals surface area contributed by atoms with Crippen molar-refractivity contribution < 1.29 is 27.6 Å². The maximum Gasteiger partial charge on any atom is 0.255 e. The van der Waals surface area contributed by atoms with Gasteiger partial charge >= 0.3 is 0 Å². The first-order chi connectivity index (χ1) is 12.3. The van der Waals surface area contributed by atoms with Gasteiger partial charge in [-0.1, -0.05) is 6.58 Å². The highest BCUT2D eigenvalue weighted by molar-refractivity contribution is 7.89. The predicted molar refractivity (Wildman–Crippen MR) is 97.2 cm³/mol. The van der Waals surface area contributed by atoms with Crippen molar-refractivity contribution in [1.82, 2.24) is 5.32 Å². The molecule has 144 valence electrons. The van der Waals surface area contributed by atoms with Gasteiger partial charge in [0.15, 0.2) is 11.5 Å². The zero-order chi connectivity index (χ0) is 19.3. The molecule has 1 saturated heterocycles. The van der Waals surface area contributed by atoms with E-state index in [0.717, 1.165) is 25.9 Å². The fourth-order valence-corrected chi connectivity index (χ4v) is 3.82. The fourth-order valence-electron chi connectivity index (χ4n) is 3.27. The van der Waals surface area contributed by atoms with Crippen molar-refractivity contribution in [1.29, 1.82) is 0 Å². The molecule has 2 atom stereocenters. The Morgan fingerprint density at radius 3 is 2.73 bits per heavy atom. The molecule has 0 radical (unpaired) electrons. The largest absolute Gasteiger partial charge is 0.493 e. The number of hydrogen-bond donors (Lipinski definition) is 3. The second kappa shape index (κ2) is 8.52. The summed E-state index contributed by atoms with van der Waals surface area (Å²) < 4.78 is 33.8. The van der Waals surface area contributed by atoms with Gasteiger partial charge in [0.1, 0.15) is 6.04 Å². The van der Waals surface area contributed by atoms with Crippen molar-refractivity contribution in [3.63, 3.8) is 0 Å². The van der Waals surface area contributed by atoms with Gasteiger partial charge in [-0.2, -0.15) is 0 Å². The van der Waals surface area contributed by atoms with E-state index in [1.165, 1.54) is 31.3 Å². The van der Waals surface area contributed by atoms with Crippen molar-refractivity contribution in [2.24, 2.45) is 5.14 Å². The maximum absolute atomic E-state index is 12.7. The van der Waals surface area contributed by atoms with Crippen LogP contribution in [0.1, 0.15) is 23.2 Å². The van der Waals surface area contributed by atoms with Gasteiger partial charge in [0, 0.05) is 18.9 Å². The molecule has 2 rings (SSSR count). The van der Waals surface area contributed by atoms with E-state index in [9.17, 15) is 13.2 Å². The molecule has 26 heavy (non-hydrogen) atoms. The molecule has 9 heteroatoms. The topological polar surface area (TPSA) is 112 Å². The maximum atomic E-state index is 12.7. The number of carbonyl (C=O) groups is 1. The summed E-state index contributed by atoms with van der Waals surface area (Å²) in [6, 6.07) is 2.73. The van der Waals surface area contributed by atoms with Crippen LogP contribution >= 0.6 is 0 Å². The Morgan fingerprint density at radius 2 is 2.15 bits per heavy atom. The van der Waals surface area contributed by atoms with Crippen LogP contribution in [0.15, 0.2) is 29.7 Å². The number of nitrogens with two attached hydrogens (primary N) is 1. The third-order valence-corrected chi connectivity index (χ3v) is 5.46. The molecule has 0 aromatic heterocycles. The molecule has 1 amide bonds. The molecule has 1 aromatic carbocycles. The smallest absolute Gasteiger partial charge is 0.255 e. The summed E-state index contributed by atoms with van der Waals surface area (Å²) in [7, 11) is -1.24. The second-order valence-corrected chi connectivity index (χ2v) is 7.76. The van der Waals surface area contributed by atoms with E-state index >= 15 is 0 Å². The standard InChI is InChI=1S/C17H25N3O5S/c1-4-7-20-8-5-6-12(20)11-19-17(21)14-9-13(26(18,22)23)10-15(24-2)16(14)25-3/h4,9-10,12H,1,5-8,11H2,2-3H3,(H,19,21)(H2,18,22,23)/p+1/t12-/m1/s1. The average molecular weight is 384 g/mol. The number of rotatable bonds is 8. The Balaban J connectivity index is 2.25. The summed E-state index contributed by atoms with van der Waals surface area (Å²) in [6.45, 7) is 6.14. The van der Waals surface area contributed by atoms with Gasteiger partial charge in [-0.3, -0.25) is 4.79 Å². The molecule has 1 heterocycles. The molecule has 0 saturated carbocycles. The lowest BCUT2D eigenvalue weighted by Gasteiger charge is -2.21. The Kier molecular flexibility index (Phi) is 6.63. The monoisotopic (exact) mass is 384 g/mol. The molecule has 1 aliphatic rings. The first-order valence-electron chi connectivity index (χ1n) is 8.34. The molecule has 1 unspecified atom stereocenters. The van der Waals surface area contributed by atoms with E-state index in [1.54, 1.807) is 0 Å². The lowest BCUT2D eigenvalue weighted by Crippen LogP contribution is -3.14. The minimum atomic E-state index is -3.99. The predicted octanol–water partition coefficient (Wildman–Crippen LogP) is -0.686. The zero-order valence-corrected chi connectivity index (χ0v) is 15.9. The quantitative estimate of drug-likeness (QED) is 0.514. The highest BCUT2D eigenvalue weighted by Gasteiger charge is 2.29. The highest BCUT2D eigenvalue weighted by Crippen LogP contribution is 2.33. The minimum Gasteiger partial charge on any atom is -0.493 e. The van der Waals surface area contributed by atoms with Crippen molar-refractivity contribution in [3.8, 4) is 11.5 Å². The third-order valence-electron chi connectivity index (χ3n) is 4.57. The number of amides is 1. The lowest BCUT2D eigenvalue weighted by atomic mass is 10.1. The van der Waals surface area contributed by atoms with Crippen LogP contribution in [0, 0.1) is 0 Å². The molecule has 0 bridgehead atoms. The summed E-state index contributed by atoms with van der Waals surface area (Å²) in [5.74, 6) is -0.140. The Labute approximate surface area is 154 Å². The number of primary sulfonamides is 1. The number of methoxy groups -OCH3 is 2. The normalized spacial score (nSPS) is 19.8. The fraction of sp³-hybridized carbons (Fsp3) is 0.471. The van der Waals surface area contributed by atoms with Crippen LogP contribution in [0.25, 0.3) is 0 Å². The Hall–Kier alpha value is -2.10. The third kappa shape index (κ3) is 4.54. The first kappa shape index (κ1) is 20.2. The molecule has 1 aliphatic heterocycles. The van der Waals surface area contributed by atoms with E-state index in [1.807, 2.05) is 6.08 Å². The molecular weight excluding hydrogens is 358 g/mol. The van der Waals surface area contributed by atoms with Crippen LogP contribution in [0.3, 0.4) is 0 Å². The van der Waals surface area contributed by atoms with Crippen molar-refractivity contribution in [2.45, 2.75) is 23.8 Å². The second-order valence-electron chi connectivity index (χ2n) is 6.20. The van der Waals surface area contributed by atoms with E-state index < -0.39 is 15.9 Å². The lowest BCUT2D eigenvalue weighted by molar-refractivity contribution is -0.905. The molecule has 8 nitrogen and oxygen atoms in total. The van der Waals surface area contributed by atoms with E-state index in [2.05, 4.69) is 11.9 Å². The summed E-state index contributed by atoms with van der Waals surface area (Å²) in [5.41, 5.74) is 0.0687. The van der Waals surface area contributed by atoms with Gasteiger partial charge < -0.3 is 19.7 Å². The van der Waals surface area contributed by atoms with Gasteiger partial charge in [-0.15, -0.1) is 0 Å². The van der Waals surface area contributed by atoms with Gasteiger partial charge in [0.2, 0.25) is 10.0 Å². The average Bonchev–Trinajstić information content (AvgIpc) is 3.05. The van der Waals surface area contributed by atoms with Crippen molar-refractivity contribution in [2.75, 3.05) is 33.9 Å². The number of hydrogen-bond acceptors (Lipinski definition) is 5. The summed E-state index contributed by atoms with van der Waals surface area (Å²) in [4.78, 5) is 13.9. The minimum absolute atomic E-state index is 0.0687. The number of sulfonamides is 1.